The van der Waals surface area contributed by atoms with Crippen LogP contribution in [0.25, 0.3) is 49.3 Å². The summed E-state index contributed by atoms with van der Waals surface area (Å²) in [6, 6.07) is 29.9. The fourth-order valence-corrected chi connectivity index (χ4v) is 4.42. The molecule has 0 aliphatic carbocycles. The number of ether oxygens (including phenoxy) is 1. The normalized spacial score (nSPS) is 11.8. The number of aromatic nitrogens is 2. The predicted octanol–water partition coefficient (Wildman–Crippen LogP) is 6.43. The molecular weight excluding hydrogens is 344 g/mol. The number of hydrogen-bond acceptors (Lipinski definition) is 1. The fraction of sp³-hybridized carbons (Fsp3) is 0.0400. The van der Waals surface area contributed by atoms with E-state index < -0.39 is 0 Å². The average molecular weight is 362 g/mol. The second-order valence-corrected chi connectivity index (χ2v) is 7.11. The molecule has 6 rings (SSSR count). The summed E-state index contributed by atoms with van der Waals surface area (Å²) in [5, 5.41) is 5.04. The maximum absolute atomic E-state index is 5.41. The molecular formula is C25H18N2O. The first-order valence-electron chi connectivity index (χ1n) is 9.42. The molecule has 3 nitrogen and oxygen atoms in total. The van der Waals surface area contributed by atoms with Gasteiger partial charge in [0.25, 0.3) is 0 Å². The summed E-state index contributed by atoms with van der Waals surface area (Å²) in [7, 11) is 1.70. The molecule has 0 spiro atoms. The Labute approximate surface area is 161 Å². The third-order valence-electron chi connectivity index (χ3n) is 5.62. The highest BCUT2D eigenvalue weighted by Gasteiger charge is 2.17. The van der Waals surface area contributed by atoms with Crippen molar-refractivity contribution in [3.63, 3.8) is 0 Å². The topological polar surface area (TPSA) is 29.9 Å². The molecule has 6 aromatic rings. The van der Waals surface area contributed by atoms with Gasteiger partial charge in [-0.25, -0.2) is 0 Å². The molecule has 0 bridgehead atoms. The summed E-state index contributed by atoms with van der Waals surface area (Å²) in [4.78, 5) is 3.57. The molecule has 2 aromatic heterocycles. The third-order valence-corrected chi connectivity index (χ3v) is 5.62. The lowest BCUT2D eigenvalue weighted by atomic mass is 10.1. The van der Waals surface area contributed by atoms with Gasteiger partial charge in [0, 0.05) is 38.8 Å². The van der Waals surface area contributed by atoms with E-state index in [1.165, 1.54) is 38.3 Å². The van der Waals surface area contributed by atoms with Crippen LogP contribution in [0.1, 0.15) is 0 Å². The van der Waals surface area contributed by atoms with Crippen LogP contribution >= 0.6 is 0 Å². The zero-order valence-corrected chi connectivity index (χ0v) is 15.4. The van der Waals surface area contributed by atoms with Gasteiger partial charge in [-0.15, -0.1) is 0 Å². The van der Waals surface area contributed by atoms with Gasteiger partial charge in [0.05, 0.1) is 23.7 Å². The highest BCUT2D eigenvalue weighted by atomic mass is 16.5. The number of nitrogens with one attached hydrogen (secondary N) is 1. The molecule has 0 aliphatic rings. The van der Waals surface area contributed by atoms with Crippen LogP contribution in [0, 0.1) is 0 Å². The Morgan fingerprint density at radius 1 is 0.679 bits per heavy atom. The number of benzene rings is 4. The molecule has 0 saturated carbocycles. The first-order chi connectivity index (χ1) is 13.8. The average Bonchev–Trinajstić information content (AvgIpc) is 3.28. The maximum Gasteiger partial charge on any atom is 0.120 e. The second-order valence-electron chi connectivity index (χ2n) is 7.11. The Kier molecular flexibility index (Phi) is 3.09. The molecule has 0 unspecified atom stereocenters. The minimum Gasteiger partial charge on any atom is -0.497 e. The van der Waals surface area contributed by atoms with Crippen molar-refractivity contribution in [3.05, 3.63) is 84.9 Å². The maximum atomic E-state index is 5.41. The van der Waals surface area contributed by atoms with E-state index in [0.717, 1.165) is 16.8 Å². The van der Waals surface area contributed by atoms with Gasteiger partial charge >= 0.3 is 0 Å². The number of rotatable bonds is 2. The lowest BCUT2D eigenvalue weighted by molar-refractivity contribution is 0.415. The van der Waals surface area contributed by atoms with Gasteiger partial charge in [-0.2, -0.15) is 0 Å². The first kappa shape index (κ1) is 15.3. The van der Waals surface area contributed by atoms with Gasteiger partial charge in [0.1, 0.15) is 5.75 Å². The Balaban J connectivity index is 1.85. The van der Waals surface area contributed by atoms with E-state index in [2.05, 4.69) is 88.4 Å². The van der Waals surface area contributed by atoms with Crippen LogP contribution in [0.5, 0.6) is 5.75 Å². The van der Waals surface area contributed by atoms with Gasteiger partial charge < -0.3 is 14.3 Å². The van der Waals surface area contributed by atoms with Crippen molar-refractivity contribution < 1.29 is 4.74 Å². The van der Waals surface area contributed by atoms with E-state index in [1.54, 1.807) is 7.11 Å². The minimum atomic E-state index is 0.863. The Morgan fingerprint density at radius 2 is 1.50 bits per heavy atom. The van der Waals surface area contributed by atoms with E-state index in [0.29, 0.717) is 0 Å². The van der Waals surface area contributed by atoms with Gasteiger partial charge in [0.2, 0.25) is 0 Å². The van der Waals surface area contributed by atoms with Crippen molar-refractivity contribution in [1.82, 2.24) is 9.55 Å². The molecule has 2 heterocycles. The number of hydrogen-bond donors (Lipinski definition) is 1. The van der Waals surface area contributed by atoms with Crippen LogP contribution in [-0.4, -0.2) is 16.7 Å². The van der Waals surface area contributed by atoms with Crippen molar-refractivity contribution in [2.24, 2.45) is 0 Å². The summed E-state index contributed by atoms with van der Waals surface area (Å²) in [5.74, 6) is 0.863. The zero-order valence-electron chi connectivity index (χ0n) is 15.4. The van der Waals surface area contributed by atoms with Crippen LogP contribution < -0.4 is 4.74 Å². The van der Waals surface area contributed by atoms with Crippen molar-refractivity contribution >= 4 is 43.6 Å². The van der Waals surface area contributed by atoms with Crippen LogP contribution in [-0.2, 0) is 0 Å². The summed E-state index contributed by atoms with van der Waals surface area (Å²) in [6.45, 7) is 0. The van der Waals surface area contributed by atoms with E-state index in [1.807, 2.05) is 6.07 Å². The van der Waals surface area contributed by atoms with E-state index >= 15 is 0 Å². The molecule has 3 heteroatoms. The van der Waals surface area contributed by atoms with Crippen LogP contribution in [0.3, 0.4) is 0 Å². The molecule has 0 aliphatic heterocycles. The SMILES string of the molecule is COc1ccc2c(c1)[nH]c1ccc3c(c4ccccc4n3-c3ccccc3)c12. The monoisotopic (exact) mass is 362 g/mol. The van der Waals surface area contributed by atoms with Crippen LogP contribution in [0.2, 0.25) is 0 Å². The largest absolute Gasteiger partial charge is 0.497 e. The lowest BCUT2D eigenvalue weighted by Crippen LogP contribution is -1.92. The van der Waals surface area contributed by atoms with Crippen LogP contribution in [0.15, 0.2) is 84.9 Å². The lowest BCUT2D eigenvalue weighted by Gasteiger charge is -2.07. The summed E-state index contributed by atoms with van der Waals surface area (Å²) in [6.07, 6.45) is 0. The van der Waals surface area contributed by atoms with Gasteiger partial charge in [-0.3, -0.25) is 0 Å². The molecule has 134 valence electrons. The minimum absolute atomic E-state index is 0.863. The molecule has 0 saturated heterocycles. The van der Waals surface area contributed by atoms with Gasteiger partial charge in [-0.05, 0) is 42.5 Å². The molecule has 0 amide bonds. The Bertz CT molecular complexity index is 1490. The molecule has 0 radical (unpaired) electrons. The van der Waals surface area contributed by atoms with Gasteiger partial charge in [-0.1, -0.05) is 36.4 Å². The highest BCUT2D eigenvalue weighted by Crippen LogP contribution is 2.40. The molecule has 4 aromatic carbocycles. The number of fused-ring (bicyclic) bond motifs is 7. The Hall–Kier alpha value is -3.72. The number of para-hydroxylation sites is 2. The highest BCUT2D eigenvalue weighted by molar-refractivity contribution is 6.28. The third kappa shape index (κ3) is 1.99. The number of nitrogens with zero attached hydrogens (tertiary/aromatic N) is 1. The van der Waals surface area contributed by atoms with E-state index in [4.69, 9.17) is 4.74 Å². The smallest absolute Gasteiger partial charge is 0.120 e. The fourth-order valence-electron chi connectivity index (χ4n) is 4.42. The number of aromatic amines is 1. The summed E-state index contributed by atoms with van der Waals surface area (Å²) >= 11 is 0. The van der Waals surface area contributed by atoms with Crippen molar-refractivity contribution in [3.8, 4) is 11.4 Å². The van der Waals surface area contributed by atoms with E-state index in [9.17, 15) is 0 Å². The van der Waals surface area contributed by atoms with Gasteiger partial charge in [0.15, 0.2) is 0 Å². The van der Waals surface area contributed by atoms with Crippen molar-refractivity contribution in [1.29, 1.82) is 0 Å². The van der Waals surface area contributed by atoms with E-state index in [-0.39, 0.29) is 0 Å². The van der Waals surface area contributed by atoms with Crippen molar-refractivity contribution in [2.45, 2.75) is 0 Å². The standard InChI is InChI=1S/C25H18N2O/c1-28-17-11-12-18-21(15-17)26-20-13-14-23-25(24(18)20)19-9-5-6-10-22(19)27(23)16-7-3-2-4-8-16/h2-15,26H,1H3. The zero-order chi connectivity index (χ0) is 18.7. The second kappa shape index (κ2) is 5.64. The summed E-state index contributed by atoms with van der Waals surface area (Å²) in [5.41, 5.74) is 5.86. The number of H-pyrrole nitrogens is 1. The quantitative estimate of drug-likeness (QED) is 0.378. The molecule has 0 atom stereocenters. The predicted molar refractivity (Wildman–Crippen MR) is 117 cm³/mol. The number of methoxy groups -OCH3 is 1. The first-order valence-corrected chi connectivity index (χ1v) is 9.42. The molecule has 1 N–H and O–H groups in total. The molecule has 0 fully saturated rings. The molecule has 28 heavy (non-hydrogen) atoms. The Morgan fingerprint density at radius 3 is 2.36 bits per heavy atom. The van der Waals surface area contributed by atoms with Crippen LogP contribution in [0.4, 0.5) is 0 Å². The van der Waals surface area contributed by atoms with Crippen molar-refractivity contribution in [2.75, 3.05) is 7.11 Å². The summed E-state index contributed by atoms with van der Waals surface area (Å²) < 4.78 is 7.77.